The molecule has 1 atom stereocenters. The van der Waals surface area contributed by atoms with Crippen molar-refractivity contribution in [3.63, 3.8) is 0 Å². The molecule has 8 nitrogen and oxygen atoms in total. The summed E-state index contributed by atoms with van der Waals surface area (Å²) in [5.74, 6) is -2.82. The molecule has 0 aliphatic rings. The lowest BCUT2D eigenvalue weighted by Gasteiger charge is -2.23. The van der Waals surface area contributed by atoms with Crippen LogP contribution in [-0.4, -0.2) is 57.8 Å². The molecule has 168 valence electrons. The average Bonchev–Trinajstić information content (AvgIpc) is 2.63. The van der Waals surface area contributed by atoms with Crippen LogP contribution >= 0.6 is 0 Å². The zero-order chi connectivity index (χ0) is 23.3. The van der Waals surface area contributed by atoms with E-state index in [-0.39, 0.29) is 23.5 Å². The lowest BCUT2D eigenvalue weighted by Crippen LogP contribution is -2.42. The number of Topliss-reactive ketones (excluding diaryl/α,β-unsaturated/α-hetero) is 1. The van der Waals surface area contributed by atoms with Crippen molar-refractivity contribution in [2.75, 3.05) is 13.2 Å². The second-order valence-electron chi connectivity index (χ2n) is 7.42. The zero-order valence-corrected chi connectivity index (χ0v) is 17.6. The molecule has 1 unspecified atom stereocenters. The summed E-state index contributed by atoms with van der Waals surface area (Å²) in [6.45, 7) is 8.32. The lowest BCUT2D eigenvalue weighted by atomic mass is 10.1. The summed E-state index contributed by atoms with van der Waals surface area (Å²) in [5, 5.41) is 28.7. The minimum atomic E-state index is -1.26. The van der Waals surface area contributed by atoms with Gasteiger partial charge in [-0.1, -0.05) is 6.92 Å². The van der Waals surface area contributed by atoms with Crippen molar-refractivity contribution in [1.29, 1.82) is 0 Å². The van der Waals surface area contributed by atoms with Crippen LogP contribution in [0.1, 0.15) is 50.9 Å². The standard InChI is InChI=1S/C17H26FNO3.C4H4O4/c1-5-6-15(21)14-9-12(18)7-8-16(14)22-11-13(20)10-19-17(2,3)4;5-3(6)1-2-4(7)8/h7-9,13,19-20H,5-6,10-11H2,1-4H3;1-2H,(H,5,6)(H,7,8)/b;2-1+. The quantitative estimate of drug-likeness (QED) is 0.331. The largest absolute Gasteiger partial charge is 0.490 e. The van der Waals surface area contributed by atoms with E-state index in [1.54, 1.807) is 0 Å². The molecule has 1 aromatic rings. The van der Waals surface area contributed by atoms with Gasteiger partial charge >= 0.3 is 11.9 Å². The number of benzene rings is 1. The first-order valence-corrected chi connectivity index (χ1v) is 9.38. The molecular formula is C21H30FNO7. The van der Waals surface area contributed by atoms with Crippen LogP contribution in [0.25, 0.3) is 0 Å². The van der Waals surface area contributed by atoms with Gasteiger partial charge in [-0.3, -0.25) is 4.79 Å². The van der Waals surface area contributed by atoms with Crippen molar-refractivity contribution in [1.82, 2.24) is 5.32 Å². The fraction of sp³-hybridized carbons (Fsp3) is 0.476. The molecule has 0 spiro atoms. The number of carboxylic acids is 2. The number of aliphatic carboxylic acids is 2. The van der Waals surface area contributed by atoms with Gasteiger partial charge < -0.3 is 25.4 Å². The number of halogens is 1. The Morgan fingerprint density at radius 3 is 2.20 bits per heavy atom. The van der Waals surface area contributed by atoms with Crippen LogP contribution in [0.5, 0.6) is 5.75 Å². The molecule has 0 radical (unpaired) electrons. The van der Waals surface area contributed by atoms with Crippen molar-refractivity contribution in [2.45, 2.75) is 52.2 Å². The van der Waals surface area contributed by atoms with Gasteiger partial charge in [-0.15, -0.1) is 0 Å². The molecule has 1 rings (SSSR count). The van der Waals surface area contributed by atoms with Gasteiger partial charge in [-0.05, 0) is 45.4 Å². The van der Waals surface area contributed by atoms with Gasteiger partial charge in [0.2, 0.25) is 0 Å². The first kappa shape index (κ1) is 27.2. The number of β-amino-alcohol motifs (C(OH)–C–C–N with tert-alkyl or cyclic N) is 1. The highest BCUT2D eigenvalue weighted by molar-refractivity contribution is 5.98. The molecule has 1 aromatic carbocycles. The van der Waals surface area contributed by atoms with E-state index < -0.39 is 23.9 Å². The van der Waals surface area contributed by atoms with E-state index in [2.05, 4.69) is 5.32 Å². The van der Waals surface area contributed by atoms with Crippen molar-refractivity contribution in [2.24, 2.45) is 0 Å². The Bertz CT molecular complexity index is 725. The topological polar surface area (TPSA) is 133 Å². The summed E-state index contributed by atoms with van der Waals surface area (Å²) >= 11 is 0. The van der Waals surface area contributed by atoms with E-state index in [1.165, 1.54) is 18.2 Å². The van der Waals surface area contributed by atoms with Crippen LogP contribution in [0.3, 0.4) is 0 Å². The number of carboxylic acid groups (broad SMARTS) is 2. The number of nitrogens with one attached hydrogen (secondary N) is 1. The Balaban J connectivity index is 0.000000890. The number of carbonyl (C=O) groups is 3. The Hall–Kier alpha value is -2.78. The number of rotatable bonds is 10. The van der Waals surface area contributed by atoms with Crippen LogP contribution in [0.15, 0.2) is 30.4 Å². The maximum atomic E-state index is 13.3. The highest BCUT2D eigenvalue weighted by Gasteiger charge is 2.16. The number of aliphatic hydroxyl groups excluding tert-OH is 1. The fourth-order valence-electron chi connectivity index (χ4n) is 2.02. The van der Waals surface area contributed by atoms with Gasteiger partial charge in [0.05, 0.1) is 5.56 Å². The minimum Gasteiger partial charge on any atom is -0.490 e. The summed E-state index contributed by atoms with van der Waals surface area (Å²) in [4.78, 5) is 31.1. The number of ether oxygens (including phenoxy) is 1. The van der Waals surface area contributed by atoms with E-state index >= 15 is 0 Å². The van der Waals surface area contributed by atoms with Crippen LogP contribution in [0, 0.1) is 5.82 Å². The van der Waals surface area contributed by atoms with E-state index in [0.717, 1.165) is 0 Å². The summed E-state index contributed by atoms with van der Waals surface area (Å²) in [6, 6.07) is 3.87. The molecule has 0 saturated carbocycles. The molecular weight excluding hydrogens is 397 g/mol. The summed E-state index contributed by atoms with van der Waals surface area (Å²) in [7, 11) is 0. The SMILES string of the molecule is CCCC(=O)c1cc(F)ccc1OCC(O)CNC(C)(C)C.O=C(O)/C=C/C(=O)O. The molecule has 4 N–H and O–H groups in total. The number of hydrogen-bond donors (Lipinski definition) is 4. The van der Waals surface area contributed by atoms with Gasteiger partial charge in [0, 0.05) is 30.7 Å². The van der Waals surface area contributed by atoms with Crippen LogP contribution in [0.4, 0.5) is 4.39 Å². The molecule has 0 aliphatic heterocycles. The summed E-state index contributed by atoms with van der Waals surface area (Å²) in [6.07, 6.45) is 1.43. The molecule has 0 aromatic heterocycles. The normalized spacial score (nSPS) is 12.1. The highest BCUT2D eigenvalue weighted by atomic mass is 19.1. The minimum absolute atomic E-state index is 0.0428. The van der Waals surface area contributed by atoms with Crippen LogP contribution in [-0.2, 0) is 9.59 Å². The first-order chi connectivity index (χ1) is 13.9. The van der Waals surface area contributed by atoms with E-state index in [9.17, 15) is 23.9 Å². The molecule has 0 fully saturated rings. The van der Waals surface area contributed by atoms with Gasteiger partial charge in [-0.25, -0.2) is 14.0 Å². The second-order valence-corrected chi connectivity index (χ2v) is 7.42. The van der Waals surface area contributed by atoms with Crippen molar-refractivity contribution in [3.8, 4) is 5.75 Å². The number of ketones is 1. The molecule has 0 saturated heterocycles. The van der Waals surface area contributed by atoms with E-state index in [0.29, 0.717) is 37.3 Å². The molecule has 30 heavy (non-hydrogen) atoms. The second kappa shape index (κ2) is 13.4. The third kappa shape index (κ3) is 13.4. The third-order valence-electron chi connectivity index (χ3n) is 3.39. The lowest BCUT2D eigenvalue weighted by molar-refractivity contribution is -0.134. The Morgan fingerprint density at radius 2 is 1.73 bits per heavy atom. The smallest absolute Gasteiger partial charge is 0.328 e. The summed E-state index contributed by atoms with van der Waals surface area (Å²) in [5.41, 5.74) is 0.136. The Labute approximate surface area is 175 Å². The number of aliphatic hydroxyl groups is 1. The Morgan fingerprint density at radius 1 is 1.17 bits per heavy atom. The van der Waals surface area contributed by atoms with E-state index in [4.69, 9.17) is 14.9 Å². The van der Waals surface area contributed by atoms with Crippen LogP contribution < -0.4 is 10.1 Å². The molecule has 0 amide bonds. The average molecular weight is 427 g/mol. The van der Waals surface area contributed by atoms with Gasteiger partial charge in [0.25, 0.3) is 0 Å². The third-order valence-corrected chi connectivity index (χ3v) is 3.39. The van der Waals surface area contributed by atoms with Crippen molar-refractivity contribution >= 4 is 17.7 Å². The predicted octanol–water partition coefficient (Wildman–Crippen LogP) is 2.65. The van der Waals surface area contributed by atoms with E-state index in [1.807, 2.05) is 27.7 Å². The maximum Gasteiger partial charge on any atom is 0.328 e. The maximum absolute atomic E-state index is 13.3. The van der Waals surface area contributed by atoms with Gasteiger partial charge in [0.15, 0.2) is 5.78 Å². The molecule has 0 aliphatic carbocycles. The molecule has 0 bridgehead atoms. The molecule has 0 heterocycles. The van der Waals surface area contributed by atoms with Gasteiger partial charge in [-0.2, -0.15) is 0 Å². The van der Waals surface area contributed by atoms with Crippen LogP contribution in [0.2, 0.25) is 0 Å². The first-order valence-electron chi connectivity index (χ1n) is 9.38. The summed E-state index contributed by atoms with van der Waals surface area (Å²) < 4.78 is 18.8. The molecule has 9 heteroatoms. The predicted molar refractivity (Wildman–Crippen MR) is 109 cm³/mol. The zero-order valence-electron chi connectivity index (χ0n) is 17.6. The number of carbonyl (C=O) groups excluding carboxylic acids is 1. The number of hydrogen-bond acceptors (Lipinski definition) is 6. The Kier molecular flexibility index (Phi) is 12.2. The van der Waals surface area contributed by atoms with Gasteiger partial charge in [0.1, 0.15) is 24.3 Å². The van der Waals surface area contributed by atoms with Crippen molar-refractivity contribution < 1.29 is 38.8 Å². The van der Waals surface area contributed by atoms with Crippen molar-refractivity contribution in [3.05, 3.63) is 41.7 Å². The monoisotopic (exact) mass is 427 g/mol. The highest BCUT2D eigenvalue weighted by Crippen LogP contribution is 2.22. The fourth-order valence-corrected chi connectivity index (χ4v) is 2.02.